The Kier molecular flexibility index (Phi) is 5.00. The number of halogens is 1. The zero-order valence-electron chi connectivity index (χ0n) is 10.8. The van der Waals surface area contributed by atoms with E-state index in [1.807, 2.05) is 31.2 Å². The summed E-state index contributed by atoms with van der Waals surface area (Å²) in [6.45, 7) is 2.03. The fourth-order valence-electron chi connectivity index (χ4n) is 1.90. The van der Waals surface area contributed by atoms with Gasteiger partial charge >= 0.3 is 0 Å². The van der Waals surface area contributed by atoms with Crippen molar-refractivity contribution in [3.63, 3.8) is 0 Å². The van der Waals surface area contributed by atoms with Gasteiger partial charge in [0, 0.05) is 10.6 Å². The smallest absolute Gasteiger partial charge is 0.136 e. The van der Waals surface area contributed by atoms with Gasteiger partial charge in [-0.25, -0.2) is 4.39 Å². The van der Waals surface area contributed by atoms with Gasteiger partial charge in [-0.15, -0.1) is 11.8 Å². The van der Waals surface area contributed by atoms with Crippen LogP contribution in [0.25, 0.3) is 0 Å². The van der Waals surface area contributed by atoms with Crippen LogP contribution in [-0.4, -0.2) is 17.0 Å². The second kappa shape index (κ2) is 6.73. The summed E-state index contributed by atoms with van der Waals surface area (Å²) in [5.74, 6) is 0.269. The predicted molar refractivity (Wildman–Crippen MR) is 78.0 cm³/mol. The van der Waals surface area contributed by atoms with Gasteiger partial charge in [0.15, 0.2) is 0 Å². The molecule has 0 radical (unpaired) electrons. The molecule has 0 aliphatic heterocycles. The molecule has 2 aromatic rings. The van der Waals surface area contributed by atoms with Gasteiger partial charge in [-0.3, -0.25) is 0 Å². The third-order valence-corrected chi connectivity index (χ3v) is 4.18. The molecule has 0 saturated heterocycles. The van der Waals surface area contributed by atoms with E-state index in [2.05, 4.69) is 0 Å². The minimum absolute atomic E-state index is 0.226. The van der Waals surface area contributed by atoms with E-state index in [1.54, 1.807) is 18.2 Å². The Balaban J connectivity index is 1.90. The molecule has 1 atom stereocenters. The Morgan fingerprint density at radius 3 is 2.53 bits per heavy atom. The number of thioether (sulfide) groups is 1. The molecular weight excluding hydrogens is 259 g/mol. The highest BCUT2D eigenvalue weighted by atomic mass is 32.2. The summed E-state index contributed by atoms with van der Waals surface area (Å²) in [5.41, 5.74) is 2.32. The monoisotopic (exact) mass is 276 g/mol. The molecule has 1 N–H and O–H groups in total. The lowest BCUT2D eigenvalue weighted by atomic mass is 10.0. The SMILES string of the molecule is Cc1ccccc1CC(O)CSc1ccccc1F. The van der Waals surface area contributed by atoms with Crippen LogP contribution in [0.2, 0.25) is 0 Å². The lowest BCUT2D eigenvalue weighted by Gasteiger charge is -2.12. The topological polar surface area (TPSA) is 20.2 Å². The number of hydrogen-bond donors (Lipinski definition) is 1. The van der Waals surface area contributed by atoms with Crippen molar-refractivity contribution >= 4 is 11.8 Å². The average Bonchev–Trinajstić information content (AvgIpc) is 2.40. The first-order valence-corrected chi connectivity index (χ1v) is 7.25. The first-order chi connectivity index (χ1) is 9.16. The fraction of sp³-hybridized carbons (Fsp3) is 0.250. The lowest BCUT2D eigenvalue weighted by molar-refractivity contribution is 0.200. The summed E-state index contributed by atoms with van der Waals surface area (Å²) in [4.78, 5) is 0.589. The fourth-order valence-corrected chi connectivity index (χ4v) is 2.77. The maximum atomic E-state index is 13.4. The molecule has 0 fully saturated rings. The van der Waals surface area contributed by atoms with E-state index in [4.69, 9.17) is 0 Å². The van der Waals surface area contributed by atoms with Crippen molar-refractivity contribution in [1.82, 2.24) is 0 Å². The maximum Gasteiger partial charge on any atom is 0.136 e. The van der Waals surface area contributed by atoms with Crippen LogP contribution in [0.15, 0.2) is 53.4 Å². The van der Waals surface area contributed by atoms with Crippen molar-refractivity contribution in [2.75, 3.05) is 5.75 Å². The molecule has 0 heterocycles. The van der Waals surface area contributed by atoms with Crippen LogP contribution in [-0.2, 0) is 6.42 Å². The van der Waals surface area contributed by atoms with Gasteiger partial charge in [0.1, 0.15) is 5.82 Å². The molecule has 0 spiro atoms. The highest BCUT2D eigenvalue weighted by Gasteiger charge is 2.09. The number of aliphatic hydroxyl groups excluding tert-OH is 1. The molecule has 0 aliphatic carbocycles. The summed E-state index contributed by atoms with van der Waals surface area (Å²) in [5, 5.41) is 10.0. The van der Waals surface area contributed by atoms with Gasteiger partial charge < -0.3 is 5.11 Å². The van der Waals surface area contributed by atoms with Crippen LogP contribution < -0.4 is 0 Å². The third-order valence-electron chi connectivity index (χ3n) is 2.98. The van der Waals surface area contributed by atoms with Gasteiger partial charge in [-0.1, -0.05) is 36.4 Å². The van der Waals surface area contributed by atoms with E-state index < -0.39 is 6.10 Å². The normalized spacial score (nSPS) is 12.4. The Bertz CT molecular complexity index is 542. The van der Waals surface area contributed by atoms with Gasteiger partial charge in [-0.2, -0.15) is 0 Å². The number of aliphatic hydroxyl groups is 1. The van der Waals surface area contributed by atoms with Crippen LogP contribution in [0, 0.1) is 12.7 Å². The van der Waals surface area contributed by atoms with Crippen molar-refractivity contribution in [3.8, 4) is 0 Å². The molecular formula is C16H17FOS. The number of benzene rings is 2. The number of rotatable bonds is 5. The zero-order chi connectivity index (χ0) is 13.7. The van der Waals surface area contributed by atoms with Crippen LogP contribution in [0.1, 0.15) is 11.1 Å². The van der Waals surface area contributed by atoms with Crippen LogP contribution in [0.4, 0.5) is 4.39 Å². The zero-order valence-corrected chi connectivity index (χ0v) is 11.7. The molecule has 1 unspecified atom stereocenters. The minimum atomic E-state index is -0.467. The molecule has 0 aromatic heterocycles. The lowest BCUT2D eigenvalue weighted by Crippen LogP contribution is -2.14. The Labute approximate surface area is 117 Å². The van der Waals surface area contributed by atoms with E-state index in [1.165, 1.54) is 23.4 Å². The van der Waals surface area contributed by atoms with Gasteiger partial charge in [-0.05, 0) is 36.6 Å². The molecule has 3 heteroatoms. The summed E-state index contributed by atoms with van der Waals surface area (Å²) in [7, 11) is 0. The summed E-state index contributed by atoms with van der Waals surface area (Å²) in [6, 6.07) is 14.7. The van der Waals surface area contributed by atoms with Crippen LogP contribution >= 0.6 is 11.8 Å². The largest absolute Gasteiger partial charge is 0.392 e. The van der Waals surface area contributed by atoms with E-state index >= 15 is 0 Å². The van der Waals surface area contributed by atoms with Gasteiger partial charge in [0.25, 0.3) is 0 Å². The van der Waals surface area contributed by atoms with E-state index in [0.29, 0.717) is 17.1 Å². The molecule has 2 aromatic carbocycles. The highest BCUT2D eigenvalue weighted by molar-refractivity contribution is 7.99. The Morgan fingerprint density at radius 1 is 1.11 bits per heavy atom. The second-order valence-corrected chi connectivity index (χ2v) is 5.59. The summed E-state index contributed by atoms with van der Waals surface area (Å²) < 4.78 is 13.4. The van der Waals surface area contributed by atoms with E-state index in [-0.39, 0.29) is 5.82 Å². The Morgan fingerprint density at radius 2 is 1.79 bits per heavy atom. The molecule has 19 heavy (non-hydrogen) atoms. The van der Waals surface area contributed by atoms with Crippen molar-refractivity contribution in [2.45, 2.75) is 24.3 Å². The third kappa shape index (κ3) is 4.08. The first-order valence-electron chi connectivity index (χ1n) is 6.26. The van der Waals surface area contributed by atoms with Crippen molar-refractivity contribution in [2.24, 2.45) is 0 Å². The average molecular weight is 276 g/mol. The number of hydrogen-bond acceptors (Lipinski definition) is 2. The predicted octanol–water partition coefficient (Wildman–Crippen LogP) is 3.83. The van der Waals surface area contributed by atoms with Gasteiger partial charge in [0.05, 0.1) is 6.10 Å². The molecule has 2 rings (SSSR count). The van der Waals surface area contributed by atoms with Crippen molar-refractivity contribution in [3.05, 3.63) is 65.5 Å². The van der Waals surface area contributed by atoms with E-state index in [0.717, 1.165) is 5.56 Å². The van der Waals surface area contributed by atoms with Crippen molar-refractivity contribution in [1.29, 1.82) is 0 Å². The summed E-state index contributed by atoms with van der Waals surface area (Å²) >= 11 is 1.36. The first kappa shape index (κ1) is 14.1. The maximum absolute atomic E-state index is 13.4. The quantitative estimate of drug-likeness (QED) is 0.838. The molecule has 0 aliphatic rings. The molecule has 0 bridgehead atoms. The molecule has 1 nitrogen and oxygen atoms in total. The summed E-state index contributed by atoms with van der Waals surface area (Å²) in [6.07, 6.45) is 0.138. The molecule has 0 amide bonds. The standard InChI is InChI=1S/C16H17FOS/c1-12-6-2-3-7-13(12)10-14(18)11-19-16-9-5-4-8-15(16)17/h2-9,14,18H,10-11H2,1H3. The minimum Gasteiger partial charge on any atom is -0.392 e. The second-order valence-electron chi connectivity index (χ2n) is 4.53. The highest BCUT2D eigenvalue weighted by Crippen LogP contribution is 2.23. The van der Waals surface area contributed by atoms with Crippen molar-refractivity contribution < 1.29 is 9.50 Å². The number of aryl methyl sites for hydroxylation is 1. The van der Waals surface area contributed by atoms with Crippen LogP contribution in [0.3, 0.4) is 0 Å². The molecule has 0 saturated carbocycles. The van der Waals surface area contributed by atoms with E-state index in [9.17, 15) is 9.50 Å². The Hall–Kier alpha value is -1.32. The van der Waals surface area contributed by atoms with Crippen LogP contribution in [0.5, 0.6) is 0 Å². The van der Waals surface area contributed by atoms with Gasteiger partial charge in [0.2, 0.25) is 0 Å². The molecule has 100 valence electrons.